The quantitative estimate of drug-likeness (QED) is 0.476. The SMILES string of the molecule is CC(C)(C(=O)NC(CCO)C(=O)O)N1CCNCC1. The molecule has 0 aromatic rings. The normalized spacial score (nSPS) is 18.9. The number of rotatable bonds is 6. The van der Waals surface area contributed by atoms with Gasteiger partial charge in [0.1, 0.15) is 6.04 Å². The highest BCUT2D eigenvalue weighted by molar-refractivity contribution is 5.89. The molecule has 0 aromatic heterocycles. The number of carbonyl (C=O) groups is 2. The predicted molar refractivity (Wildman–Crippen MR) is 69.8 cm³/mol. The van der Waals surface area contributed by atoms with E-state index in [1.807, 2.05) is 4.90 Å². The summed E-state index contributed by atoms with van der Waals surface area (Å²) in [4.78, 5) is 25.2. The van der Waals surface area contributed by atoms with E-state index in [0.29, 0.717) is 0 Å². The molecular weight excluding hydrogens is 250 g/mol. The number of hydrogen-bond acceptors (Lipinski definition) is 5. The van der Waals surface area contributed by atoms with Gasteiger partial charge in [-0.25, -0.2) is 4.79 Å². The molecule has 1 unspecified atom stereocenters. The van der Waals surface area contributed by atoms with E-state index in [2.05, 4.69) is 10.6 Å². The Morgan fingerprint density at radius 1 is 1.37 bits per heavy atom. The Morgan fingerprint density at radius 3 is 2.42 bits per heavy atom. The molecule has 0 aromatic carbocycles. The molecule has 7 nitrogen and oxygen atoms in total. The summed E-state index contributed by atoms with van der Waals surface area (Å²) in [5.74, 6) is -1.45. The fraction of sp³-hybridized carbons (Fsp3) is 0.833. The van der Waals surface area contributed by atoms with Gasteiger partial charge in [-0.2, -0.15) is 0 Å². The Hall–Kier alpha value is -1.18. The van der Waals surface area contributed by atoms with Crippen LogP contribution < -0.4 is 10.6 Å². The molecule has 0 bridgehead atoms. The van der Waals surface area contributed by atoms with Gasteiger partial charge in [-0.05, 0) is 13.8 Å². The molecule has 1 atom stereocenters. The van der Waals surface area contributed by atoms with Crippen LogP contribution in [0.4, 0.5) is 0 Å². The lowest BCUT2D eigenvalue weighted by molar-refractivity contribution is -0.144. The summed E-state index contributed by atoms with van der Waals surface area (Å²) in [7, 11) is 0. The van der Waals surface area contributed by atoms with E-state index < -0.39 is 17.6 Å². The first-order valence-corrected chi connectivity index (χ1v) is 6.50. The number of aliphatic carboxylic acids is 1. The highest BCUT2D eigenvalue weighted by Gasteiger charge is 2.36. The van der Waals surface area contributed by atoms with Crippen molar-refractivity contribution in [1.29, 1.82) is 0 Å². The van der Waals surface area contributed by atoms with Crippen LogP contribution in [0.15, 0.2) is 0 Å². The zero-order chi connectivity index (χ0) is 14.5. The highest BCUT2D eigenvalue weighted by Crippen LogP contribution is 2.15. The lowest BCUT2D eigenvalue weighted by atomic mass is 9.99. The molecule has 4 N–H and O–H groups in total. The van der Waals surface area contributed by atoms with Crippen molar-refractivity contribution in [3.05, 3.63) is 0 Å². The zero-order valence-electron chi connectivity index (χ0n) is 11.5. The Bertz CT molecular complexity index is 327. The van der Waals surface area contributed by atoms with Gasteiger partial charge in [0, 0.05) is 39.2 Å². The number of hydrogen-bond donors (Lipinski definition) is 4. The van der Waals surface area contributed by atoms with Gasteiger partial charge >= 0.3 is 5.97 Å². The summed E-state index contributed by atoms with van der Waals surface area (Å²) in [5.41, 5.74) is -0.759. The van der Waals surface area contributed by atoms with Crippen LogP contribution in [-0.4, -0.2) is 71.4 Å². The van der Waals surface area contributed by atoms with Gasteiger partial charge in [0.15, 0.2) is 0 Å². The molecule has 19 heavy (non-hydrogen) atoms. The van der Waals surface area contributed by atoms with Crippen molar-refractivity contribution in [3.63, 3.8) is 0 Å². The number of amides is 1. The summed E-state index contributed by atoms with van der Waals surface area (Å²) in [6, 6.07) is -1.04. The van der Waals surface area contributed by atoms with Crippen molar-refractivity contribution in [1.82, 2.24) is 15.5 Å². The average molecular weight is 273 g/mol. The maximum atomic E-state index is 12.2. The Kier molecular flexibility index (Phi) is 5.71. The minimum atomic E-state index is -1.13. The third-order valence-corrected chi connectivity index (χ3v) is 3.48. The van der Waals surface area contributed by atoms with Gasteiger partial charge in [0.05, 0.1) is 5.54 Å². The van der Waals surface area contributed by atoms with E-state index in [9.17, 15) is 9.59 Å². The standard InChI is InChI=1S/C12H23N3O4/c1-12(2,15-6-4-13-5-7-15)11(19)14-9(3-8-16)10(17)18/h9,13,16H,3-8H2,1-2H3,(H,14,19)(H,17,18). The van der Waals surface area contributed by atoms with Crippen LogP contribution in [-0.2, 0) is 9.59 Å². The van der Waals surface area contributed by atoms with Crippen molar-refractivity contribution >= 4 is 11.9 Å². The largest absolute Gasteiger partial charge is 0.480 e. The average Bonchev–Trinajstić information content (AvgIpc) is 2.38. The van der Waals surface area contributed by atoms with E-state index in [-0.39, 0.29) is 18.9 Å². The number of aliphatic hydroxyl groups excluding tert-OH is 1. The molecule has 0 spiro atoms. The van der Waals surface area contributed by atoms with Crippen molar-refractivity contribution in [2.24, 2.45) is 0 Å². The second-order valence-electron chi connectivity index (χ2n) is 5.17. The maximum absolute atomic E-state index is 12.2. The highest BCUT2D eigenvalue weighted by atomic mass is 16.4. The molecular formula is C12H23N3O4. The summed E-state index contributed by atoms with van der Waals surface area (Å²) in [6.45, 7) is 6.42. The Balaban J connectivity index is 2.65. The number of piperazine rings is 1. The number of nitrogens with one attached hydrogen (secondary N) is 2. The van der Waals surface area contributed by atoms with Crippen molar-refractivity contribution in [3.8, 4) is 0 Å². The smallest absolute Gasteiger partial charge is 0.326 e. The number of carboxylic acid groups (broad SMARTS) is 1. The van der Waals surface area contributed by atoms with Gasteiger partial charge in [0.2, 0.25) is 5.91 Å². The minimum Gasteiger partial charge on any atom is -0.480 e. The molecule has 0 saturated carbocycles. The summed E-state index contributed by atoms with van der Waals surface area (Å²) < 4.78 is 0. The van der Waals surface area contributed by atoms with E-state index in [4.69, 9.17) is 10.2 Å². The molecule has 7 heteroatoms. The fourth-order valence-electron chi connectivity index (χ4n) is 2.09. The summed E-state index contributed by atoms with van der Waals surface area (Å²) in [6.07, 6.45) is 0.0126. The van der Waals surface area contributed by atoms with Gasteiger partial charge in [-0.1, -0.05) is 0 Å². The monoisotopic (exact) mass is 273 g/mol. The topological polar surface area (TPSA) is 102 Å². The van der Waals surface area contributed by atoms with E-state index in [1.54, 1.807) is 13.8 Å². The van der Waals surface area contributed by atoms with Crippen LogP contribution in [0, 0.1) is 0 Å². The van der Waals surface area contributed by atoms with Gasteiger partial charge in [-0.3, -0.25) is 9.69 Å². The van der Waals surface area contributed by atoms with Crippen LogP contribution in [0.5, 0.6) is 0 Å². The van der Waals surface area contributed by atoms with E-state index >= 15 is 0 Å². The molecule has 110 valence electrons. The third kappa shape index (κ3) is 4.15. The second-order valence-corrected chi connectivity index (χ2v) is 5.17. The molecule has 1 amide bonds. The molecule has 1 heterocycles. The fourth-order valence-corrected chi connectivity index (χ4v) is 2.09. The molecule has 1 fully saturated rings. The molecule has 1 aliphatic rings. The summed E-state index contributed by atoms with van der Waals surface area (Å²) >= 11 is 0. The van der Waals surface area contributed by atoms with Crippen LogP contribution in [0.2, 0.25) is 0 Å². The Labute approximate surface area is 113 Å². The number of aliphatic hydroxyl groups is 1. The lowest BCUT2D eigenvalue weighted by Gasteiger charge is -2.40. The van der Waals surface area contributed by atoms with Crippen molar-refractivity contribution in [2.75, 3.05) is 32.8 Å². The molecule has 0 radical (unpaired) electrons. The van der Waals surface area contributed by atoms with Crippen LogP contribution in [0.1, 0.15) is 20.3 Å². The van der Waals surface area contributed by atoms with Crippen LogP contribution >= 0.6 is 0 Å². The predicted octanol–water partition coefficient (Wildman–Crippen LogP) is -1.38. The van der Waals surface area contributed by atoms with Crippen molar-refractivity contribution in [2.45, 2.75) is 31.8 Å². The third-order valence-electron chi connectivity index (χ3n) is 3.48. The first-order valence-electron chi connectivity index (χ1n) is 6.50. The van der Waals surface area contributed by atoms with Gasteiger partial charge in [0.25, 0.3) is 0 Å². The van der Waals surface area contributed by atoms with Gasteiger partial charge < -0.3 is 20.8 Å². The zero-order valence-corrected chi connectivity index (χ0v) is 11.5. The second kappa shape index (κ2) is 6.83. The van der Waals surface area contributed by atoms with Crippen molar-refractivity contribution < 1.29 is 19.8 Å². The van der Waals surface area contributed by atoms with E-state index in [1.165, 1.54) is 0 Å². The molecule has 1 saturated heterocycles. The molecule has 1 rings (SSSR count). The van der Waals surface area contributed by atoms with Crippen LogP contribution in [0.25, 0.3) is 0 Å². The molecule has 0 aliphatic carbocycles. The van der Waals surface area contributed by atoms with E-state index in [0.717, 1.165) is 26.2 Å². The first-order chi connectivity index (χ1) is 8.89. The number of carbonyl (C=O) groups excluding carboxylic acids is 1. The minimum absolute atomic E-state index is 0.0126. The van der Waals surface area contributed by atoms with Gasteiger partial charge in [-0.15, -0.1) is 0 Å². The summed E-state index contributed by atoms with van der Waals surface area (Å²) in [5, 5.41) is 23.5. The first kappa shape index (κ1) is 15.9. The van der Waals surface area contributed by atoms with Crippen LogP contribution in [0.3, 0.4) is 0 Å². The number of nitrogens with zero attached hydrogens (tertiary/aromatic N) is 1. The maximum Gasteiger partial charge on any atom is 0.326 e. The Morgan fingerprint density at radius 2 is 1.95 bits per heavy atom. The lowest BCUT2D eigenvalue weighted by Crippen LogP contribution is -2.61. The number of carboxylic acids is 1. The molecule has 1 aliphatic heterocycles.